The zero-order valence-electron chi connectivity index (χ0n) is 14.3. The molecular weight excluding hydrogens is 416 g/mol. The summed E-state index contributed by atoms with van der Waals surface area (Å²) in [6.07, 6.45) is 4.87. The number of aryl methyl sites for hydroxylation is 1. The van der Waals surface area contributed by atoms with E-state index < -0.39 is 0 Å². The van der Waals surface area contributed by atoms with Crippen LogP contribution in [-0.4, -0.2) is 36.4 Å². The first kappa shape index (κ1) is 18.5. The Morgan fingerprint density at radius 3 is 2.85 bits per heavy atom. The van der Waals surface area contributed by atoms with E-state index >= 15 is 0 Å². The van der Waals surface area contributed by atoms with E-state index in [0.29, 0.717) is 23.2 Å². The molecule has 0 aliphatic carbocycles. The van der Waals surface area contributed by atoms with Gasteiger partial charge in [0.15, 0.2) is 11.0 Å². The molecule has 9 heteroatoms. The minimum absolute atomic E-state index is 0.0906. The highest BCUT2D eigenvalue weighted by molar-refractivity contribution is 9.10. The van der Waals surface area contributed by atoms with Gasteiger partial charge in [-0.25, -0.2) is 4.98 Å². The molecule has 2 heterocycles. The van der Waals surface area contributed by atoms with Gasteiger partial charge >= 0.3 is 0 Å². The molecule has 0 unspecified atom stereocenters. The van der Waals surface area contributed by atoms with Crippen LogP contribution in [0, 0.1) is 6.92 Å². The smallest absolute Gasteiger partial charge is 0.234 e. The first-order valence-electron chi connectivity index (χ1n) is 7.97. The number of carbonyl (C=O) groups is 1. The molecule has 0 saturated carbocycles. The predicted molar refractivity (Wildman–Crippen MR) is 105 cm³/mol. The number of hydrogen-bond donors (Lipinski definition) is 1. The largest absolute Gasteiger partial charge is 0.325 e. The maximum atomic E-state index is 12.3. The molecule has 0 aliphatic rings. The molecule has 0 aliphatic heterocycles. The Hall–Kier alpha value is -2.26. The second-order valence-corrected chi connectivity index (χ2v) is 7.30. The lowest BCUT2D eigenvalue weighted by molar-refractivity contribution is -0.113. The van der Waals surface area contributed by atoms with Crippen LogP contribution in [0.3, 0.4) is 0 Å². The number of carbonyl (C=O) groups excluding carboxylic acids is 1. The lowest BCUT2D eigenvalue weighted by Crippen LogP contribution is -2.15. The average Bonchev–Trinajstić information content (AvgIpc) is 3.06. The Kier molecular flexibility index (Phi) is 6.00. The molecule has 3 rings (SSSR count). The fraction of sp³-hybridized carbons (Fsp3) is 0.235. The summed E-state index contributed by atoms with van der Waals surface area (Å²) in [5.74, 6) is 0.799. The van der Waals surface area contributed by atoms with Crippen molar-refractivity contribution in [3.8, 4) is 11.5 Å². The number of hydrogen-bond acceptors (Lipinski definition) is 6. The molecule has 2 aromatic heterocycles. The Morgan fingerprint density at radius 1 is 1.31 bits per heavy atom. The summed E-state index contributed by atoms with van der Waals surface area (Å²) in [5.41, 5.74) is 2.46. The topological polar surface area (TPSA) is 85.6 Å². The molecule has 0 saturated heterocycles. The van der Waals surface area contributed by atoms with Crippen molar-refractivity contribution in [3.05, 3.63) is 46.8 Å². The fourth-order valence-corrected chi connectivity index (χ4v) is 3.65. The number of thioether (sulfide) groups is 1. The Balaban J connectivity index is 1.68. The summed E-state index contributed by atoms with van der Waals surface area (Å²) in [4.78, 5) is 20.6. The summed E-state index contributed by atoms with van der Waals surface area (Å²) < 4.78 is 2.90. The van der Waals surface area contributed by atoms with Gasteiger partial charge < -0.3 is 9.88 Å². The average molecular weight is 433 g/mol. The molecule has 26 heavy (non-hydrogen) atoms. The van der Waals surface area contributed by atoms with Crippen molar-refractivity contribution < 1.29 is 4.79 Å². The molecule has 0 bridgehead atoms. The van der Waals surface area contributed by atoms with E-state index in [1.807, 2.05) is 36.6 Å². The van der Waals surface area contributed by atoms with Gasteiger partial charge in [-0.3, -0.25) is 9.78 Å². The van der Waals surface area contributed by atoms with Crippen molar-refractivity contribution in [2.45, 2.75) is 25.5 Å². The third-order valence-corrected chi connectivity index (χ3v) is 5.08. The molecule has 0 spiro atoms. The minimum Gasteiger partial charge on any atom is -0.325 e. The van der Waals surface area contributed by atoms with Crippen LogP contribution in [0.1, 0.15) is 12.5 Å². The van der Waals surface area contributed by atoms with Crippen molar-refractivity contribution in [1.29, 1.82) is 0 Å². The van der Waals surface area contributed by atoms with Crippen LogP contribution in [-0.2, 0) is 11.3 Å². The number of nitrogens with zero attached hydrogens (tertiary/aromatic N) is 5. The standard InChI is InChI=1S/C17H17BrN6OS/c1-3-24-16(14-9-19-6-7-20-14)22-23-17(24)26-10-15(25)21-13-5-4-12(18)8-11(13)2/h4-9H,3,10H2,1-2H3,(H,21,25). The van der Waals surface area contributed by atoms with Crippen LogP contribution in [0.15, 0.2) is 46.4 Å². The Bertz CT molecular complexity index is 915. The van der Waals surface area contributed by atoms with E-state index in [1.54, 1.807) is 18.6 Å². The van der Waals surface area contributed by atoms with E-state index in [9.17, 15) is 4.79 Å². The van der Waals surface area contributed by atoms with Gasteiger partial charge in [-0.1, -0.05) is 27.7 Å². The van der Waals surface area contributed by atoms with E-state index in [-0.39, 0.29) is 11.7 Å². The van der Waals surface area contributed by atoms with Crippen molar-refractivity contribution >= 4 is 39.3 Å². The van der Waals surface area contributed by atoms with Crippen LogP contribution >= 0.6 is 27.7 Å². The Labute approximate surface area is 163 Å². The molecule has 0 radical (unpaired) electrons. The molecule has 3 aromatic rings. The lowest BCUT2D eigenvalue weighted by atomic mass is 10.2. The SMILES string of the molecule is CCn1c(SCC(=O)Nc2ccc(Br)cc2C)nnc1-c1cnccn1. The number of anilines is 1. The molecule has 7 nitrogen and oxygen atoms in total. The molecular formula is C17H17BrN6OS. The number of benzene rings is 1. The molecule has 1 aromatic carbocycles. The summed E-state index contributed by atoms with van der Waals surface area (Å²) in [5, 5.41) is 12.0. The van der Waals surface area contributed by atoms with Gasteiger partial charge in [0, 0.05) is 29.1 Å². The second-order valence-electron chi connectivity index (χ2n) is 5.44. The number of amides is 1. The normalized spacial score (nSPS) is 10.7. The van der Waals surface area contributed by atoms with Gasteiger partial charge in [0.05, 0.1) is 11.9 Å². The summed E-state index contributed by atoms with van der Waals surface area (Å²) in [7, 11) is 0. The quantitative estimate of drug-likeness (QED) is 0.599. The van der Waals surface area contributed by atoms with Crippen LogP contribution < -0.4 is 5.32 Å². The number of halogens is 1. The first-order valence-corrected chi connectivity index (χ1v) is 9.74. The van der Waals surface area contributed by atoms with Gasteiger partial charge in [0.1, 0.15) is 5.69 Å². The van der Waals surface area contributed by atoms with Crippen LogP contribution in [0.25, 0.3) is 11.5 Å². The van der Waals surface area contributed by atoms with Crippen molar-refractivity contribution in [2.24, 2.45) is 0 Å². The molecule has 134 valence electrons. The second kappa shape index (κ2) is 8.41. The highest BCUT2D eigenvalue weighted by atomic mass is 79.9. The van der Waals surface area contributed by atoms with Gasteiger partial charge in [0.2, 0.25) is 5.91 Å². The Morgan fingerprint density at radius 2 is 2.15 bits per heavy atom. The predicted octanol–water partition coefficient (Wildman–Crippen LogP) is 3.56. The summed E-state index contributed by atoms with van der Waals surface area (Å²) >= 11 is 4.76. The maximum absolute atomic E-state index is 12.3. The molecule has 0 atom stereocenters. The number of aromatic nitrogens is 5. The van der Waals surface area contributed by atoms with Crippen molar-refractivity contribution in [1.82, 2.24) is 24.7 Å². The van der Waals surface area contributed by atoms with E-state index in [4.69, 9.17) is 0 Å². The zero-order chi connectivity index (χ0) is 18.5. The highest BCUT2D eigenvalue weighted by Gasteiger charge is 2.15. The fourth-order valence-electron chi connectivity index (χ4n) is 2.37. The zero-order valence-corrected chi connectivity index (χ0v) is 16.7. The van der Waals surface area contributed by atoms with Gasteiger partial charge in [0.25, 0.3) is 0 Å². The minimum atomic E-state index is -0.0906. The third-order valence-electron chi connectivity index (χ3n) is 3.62. The summed E-state index contributed by atoms with van der Waals surface area (Å²) in [6.45, 7) is 4.63. The molecule has 1 N–H and O–H groups in total. The maximum Gasteiger partial charge on any atom is 0.234 e. The highest BCUT2D eigenvalue weighted by Crippen LogP contribution is 2.23. The van der Waals surface area contributed by atoms with Gasteiger partial charge in [-0.05, 0) is 37.6 Å². The van der Waals surface area contributed by atoms with Gasteiger partial charge in [-0.15, -0.1) is 10.2 Å². The molecule has 1 amide bonds. The van der Waals surface area contributed by atoms with Crippen LogP contribution in [0.5, 0.6) is 0 Å². The lowest BCUT2D eigenvalue weighted by Gasteiger charge is -2.09. The monoisotopic (exact) mass is 432 g/mol. The third kappa shape index (κ3) is 4.28. The van der Waals surface area contributed by atoms with E-state index in [2.05, 4.69) is 41.4 Å². The van der Waals surface area contributed by atoms with Crippen LogP contribution in [0.4, 0.5) is 5.69 Å². The number of nitrogens with one attached hydrogen (secondary N) is 1. The summed E-state index contributed by atoms with van der Waals surface area (Å²) in [6, 6.07) is 5.74. The van der Waals surface area contributed by atoms with E-state index in [0.717, 1.165) is 15.7 Å². The van der Waals surface area contributed by atoms with Crippen molar-refractivity contribution in [2.75, 3.05) is 11.1 Å². The molecule has 0 fully saturated rings. The first-order chi connectivity index (χ1) is 12.6. The van der Waals surface area contributed by atoms with Gasteiger partial charge in [-0.2, -0.15) is 0 Å². The van der Waals surface area contributed by atoms with Crippen LogP contribution in [0.2, 0.25) is 0 Å². The van der Waals surface area contributed by atoms with Crippen molar-refractivity contribution in [3.63, 3.8) is 0 Å². The van der Waals surface area contributed by atoms with E-state index in [1.165, 1.54) is 11.8 Å². The number of rotatable bonds is 6.